The quantitative estimate of drug-likeness (QED) is 0.596. The van der Waals surface area contributed by atoms with E-state index in [2.05, 4.69) is 50.8 Å². The summed E-state index contributed by atoms with van der Waals surface area (Å²) in [6, 6.07) is 11.1. The van der Waals surface area contributed by atoms with Gasteiger partial charge < -0.3 is 25.0 Å². The van der Waals surface area contributed by atoms with E-state index in [0.717, 1.165) is 50.7 Å². The third-order valence-electron chi connectivity index (χ3n) is 7.93. The van der Waals surface area contributed by atoms with Gasteiger partial charge in [0.2, 0.25) is 0 Å². The second-order valence-corrected chi connectivity index (χ2v) is 10.3. The van der Waals surface area contributed by atoms with E-state index < -0.39 is 24.0 Å². The van der Waals surface area contributed by atoms with Crippen molar-refractivity contribution in [2.24, 2.45) is 5.41 Å². The van der Waals surface area contributed by atoms with Crippen LogP contribution >= 0.6 is 0 Å². The number of anilines is 2. The van der Waals surface area contributed by atoms with Crippen LogP contribution in [0.1, 0.15) is 20.3 Å². The number of halogens is 2. The first-order chi connectivity index (χ1) is 17.3. The van der Waals surface area contributed by atoms with Gasteiger partial charge in [0.15, 0.2) is 6.10 Å². The van der Waals surface area contributed by atoms with E-state index in [9.17, 15) is 14.0 Å². The highest BCUT2D eigenvalue weighted by Crippen LogP contribution is 2.44. The van der Waals surface area contributed by atoms with Crippen LogP contribution in [0.5, 0.6) is 0 Å². The van der Waals surface area contributed by atoms with Gasteiger partial charge in [0, 0.05) is 50.0 Å². The fraction of sp³-hybridized carbons (Fsp3) is 0.593. The first-order valence-corrected chi connectivity index (χ1v) is 12.8. The molecule has 0 aromatic heterocycles. The van der Waals surface area contributed by atoms with Gasteiger partial charge in [-0.15, -0.1) is 0 Å². The van der Waals surface area contributed by atoms with E-state index in [4.69, 9.17) is 9.47 Å². The predicted octanol–water partition coefficient (Wildman–Crippen LogP) is 3.38. The summed E-state index contributed by atoms with van der Waals surface area (Å²) < 4.78 is 39.7. The fourth-order valence-electron chi connectivity index (χ4n) is 5.48. The minimum atomic E-state index is -2.97. The Kier molecular flexibility index (Phi) is 6.95. The highest BCUT2D eigenvalue weighted by molar-refractivity contribution is 5.57. The number of ether oxygens (including phenoxy) is 2. The van der Waals surface area contributed by atoms with Crippen LogP contribution in [-0.2, 0) is 9.47 Å². The summed E-state index contributed by atoms with van der Waals surface area (Å²) in [5.41, 5.74) is 1.84. The smallest absolute Gasteiger partial charge is 0.296 e. The highest BCUT2D eigenvalue weighted by Gasteiger charge is 2.48. The van der Waals surface area contributed by atoms with Gasteiger partial charge in [-0.1, -0.05) is 6.08 Å². The normalized spacial score (nSPS) is 29.5. The van der Waals surface area contributed by atoms with Gasteiger partial charge in [0.25, 0.3) is 5.92 Å². The molecule has 3 atom stereocenters. The van der Waals surface area contributed by atoms with Crippen molar-refractivity contribution in [3.8, 4) is 6.07 Å². The molecule has 0 amide bonds. The van der Waals surface area contributed by atoms with Crippen LogP contribution in [0.15, 0.2) is 47.7 Å². The van der Waals surface area contributed by atoms with Crippen molar-refractivity contribution in [1.82, 2.24) is 10.2 Å². The van der Waals surface area contributed by atoms with Gasteiger partial charge >= 0.3 is 0 Å². The summed E-state index contributed by atoms with van der Waals surface area (Å²) in [6.07, 6.45) is 2.47. The van der Waals surface area contributed by atoms with E-state index in [-0.39, 0.29) is 12.5 Å². The van der Waals surface area contributed by atoms with Gasteiger partial charge in [-0.2, -0.15) is 5.26 Å². The van der Waals surface area contributed by atoms with Crippen molar-refractivity contribution < 1.29 is 18.3 Å². The Morgan fingerprint density at radius 2 is 1.89 bits per heavy atom. The first-order valence-electron chi connectivity index (χ1n) is 12.8. The molecule has 3 aliphatic heterocycles. The van der Waals surface area contributed by atoms with Crippen LogP contribution in [0, 0.1) is 16.7 Å². The number of hydrogen-bond acceptors (Lipinski definition) is 7. The number of piperidine rings is 1. The molecule has 3 saturated heterocycles. The first kappa shape index (κ1) is 25.0. The zero-order valence-corrected chi connectivity index (χ0v) is 21.0. The number of piperazine rings is 1. The Morgan fingerprint density at radius 3 is 2.50 bits per heavy atom. The van der Waals surface area contributed by atoms with Crippen LogP contribution < -0.4 is 15.5 Å². The number of nitrogens with zero attached hydrogens (tertiary/aromatic N) is 3. The molecule has 194 valence electrons. The molecule has 2 unspecified atom stereocenters. The van der Waals surface area contributed by atoms with E-state index in [1.807, 2.05) is 13.0 Å². The maximum absolute atomic E-state index is 14.3. The fourth-order valence-corrected chi connectivity index (χ4v) is 5.48. The highest BCUT2D eigenvalue weighted by atomic mass is 19.3. The molecule has 0 saturated carbocycles. The van der Waals surface area contributed by atoms with E-state index >= 15 is 0 Å². The Bertz CT molecular complexity index is 1040. The molecule has 36 heavy (non-hydrogen) atoms. The second kappa shape index (κ2) is 10.0. The van der Waals surface area contributed by atoms with E-state index in [1.54, 1.807) is 13.0 Å². The van der Waals surface area contributed by atoms with Crippen LogP contribution in [0.25, 0.3) is 0 Å². The molecule has 9 heteroatoms. The van der Waals surface area contributed by atoms with Crippen molar-refractivity contribution >= 4 is 11.4 Å². The Hall–Kier alpha value is -2.67. The van der Waals surface area contributed by atoms with E-state index in [1.165, 1.54) is 5.69 Å². The third kappa shape index (κ3) is 4.82. The topological polar surface area (TPSA) is 72.8 Å². The van der Waals surface area contributed by atoms with Crippen molar-refractivity contribution in [2.75, 3.05) is 62.7 Å². The van der Waals surface area contributed by atoms with Crippen LogP contribution in [-0.4, -0.2) is 81.5 Å². The molecule has 3 fully saturated rings. The molecule has 4 aliphatic rings. The zero-order valence-electron chi connectivity index (χ0n) is 21.0. The maximum atomic E-state index is 14.3. The van der Waals surface area contributed by atoms with Gasteiger partial charge in [-0.05, 0) is 56.3 Å². The molecule has 0 bridgehead atoms. The number of benzene rings is 1. The lowest BCUT2D eigenvalue weighted by Crippen LogP contribution is -2.56. The molecule has 1 aliphatic carbocycles. The largest absolute Gasteiger partial charge is 0.486 e. The molecule has 1 aromatic carbocycles. The van der Waals surface area contributed by atoms with E-state index in [0.29, 0.717) is 18.3 Å². The minimum absolute atomic E-state index is 0.181. The lowest BCUT2D eigenvalue weighted by molar-refractivity contribution is -0.135. The molecule has 5 rings (SSSR count). The maximum Gasteiger partial charge on any atom is 0.296 e. The average molecular weight is 500 g/mol. The second-order valence-electron chi connectivity index (χ2n) is 10.3. The monoisotopic (exact) mass is 499 g/mol. The summed E-state index contributed by atoms with van der Waals surface area (Å²) in [5, 5.41) is 16.2. The number of nitriles is 1. The number of rotatable bonds is 7. The number of allylic oxidation sites excluding steroid dienone is 3. The van der Waals surface area contributed by atoms with Crippen LogP contribution in [0.3, 0.4) is 0 Å². The average Bonchev–Trinajstić information content (AvgIpc) is 3.17. The SMILES string of the molecule is C[C@@H](Nc1ccc(N2CCN(C3COC3)CC2)cc1)C1=CC=C(OC2CCNCC2(F)F)C1(C)C#N. The Balaban J connectivity index is 1.18. The minimum Gasteiger partial charge on any atom is -0.486 e. The number of alkyl halides is 2. The summed E-state index contributed by atoms with van der Waals surface area (Å²) in [5.74, 6) is -2.68. The van der Waals surface area contributed by atoms with Gasteiger partial charge in [-0.25, -0.2) is 8.78 Å². The Labute approximate surface area is 211 Å². The van der Waals surface area contributed by atoms with Crippen molar-refractivity contribution in [3.05, 3.63) is 47.7 Å². The molecular weight excluding hydrogens is 464 g/mol. The summed E-state index contributed by atoms with van der Waals surface area (Å²) in [7, 11) is 0. The standard InChI is InChI=1S/C27H35F2N5O2/c1-19(23-7-8-24(26(23,2)17-30)36-25-9-10-31-18-27(25,28)29)32-20-3-5-21(6-4-20)33-11-13-34(14-12-33)22-15-35-16-22/h3-8,19,22,25,31-32H,9-16,18H2,1-2H3/t19-,25?,26?/m1/s1. The lowest BCUT2D eigenvalue weighted by atomic mass is 9.81. The molecule has 3 heterocycles. The predicted molar refractivity (Wildman–Crippen MR) is 135 cm³/mol. The summed E-state index contributed by atoms with van der Waals surface area (Å²) in [4.78, 5) is 4.91. The Morgan fingerprint density at radius 1 is 1.17 bits per heavy atom. The molecule has 2 N–H and O–H groups in total. The van der Waals surface area contributed by atoms with Gasteiger partial charge in [-0.3, -0.25) is 4.90 Å². The van der Waals surface area contributed by atoms with Gasteiger partial charge in [0.05, 0.1) is 31.9 Å². The molecule has 7 nitrogen and oxygen atoms in total. The van der Waals surface area contributed by atoms with Crippen LogP contribution in [0.2, 0.25) is 0 Å². The van der Waals surface area contributed by atoms with Crippen molar-refractivity contribution in [2.45, 2.75) is 44.4 Å². The van der Waals surface area contributed by atoms with Crippen LogP contribution in [0.4, 0.5) is 20.2 Å². The zero-order chi connectivity index (χ0) is 25.3. The number of hydrogen-bond donors (Lipinski definition) is 2. The molecule has 0 radical (unpaired) electrons. The summed E-state index contributed by atoms with van der Waals surface area (Å²) in [6.45, 7) is 9.58. The summed E-state index contributed by atoms with van der Waals surface area (Å²) >= 11 is 0. The molecule has 1 aromatic rings. The molecular formula is C27H35F2N5O2. The van der Waals surface area contributed by atoms with Crippen molar-refractivity contribution in [1.29, 1.82) is 5.26 Å². The van der Waals surface area contributed by atoms with Crippen molar-refractivity contribution in [3.63, 3.8) is 0 Å². The molecule has 0 spiro atoms. The lowest BCUT2D eigenvalue weighted by Gasteiger charge is -2.43. The third-order valence-corrected chi connectivity index (χ3v) is 7.93. The number of nitrogens with one attached hydrogen (secondary N) is 2. The van der Waals surface area contributed by atoms with Gasteiger partial charge in [0.1, 0.15) is 11.2 Å².